The van der Waals surface area contributed by atoms with Gasteiger partial charge in [0, 0.05) is 48.0 Å². The molecular formula is C27H28N4O4. The Balaban J connectivity index is 1.29. The predicted molar refractivity (Wildman–Crippen MR) is 132 cm³/mol. The van der Waals surface area contributed by atoms with E-state index in [0.717, 1.165) is 28.8 Å². The average molecular weight is 473 g/mol. The Morgan fingerprint density at radius 2 is 2.09 bits per heavy atom. The number of carbonyl (C=O) groups is 1. The van der Waals surface area contributed by atoms with E-state index in [1.165, 1.54) is 0 Å². The summed E-state index contributed by atoms with van der Waals surface area (Å²) in [6.45, 7) is 2.51. The quantitative estimate of drug-likeness (QED) is 0.439. The third-order valence-corrected chi connectivity index (χ3v) is 6.10. The molecule has 1 unspecified atom stereocenters. The largest absolute Gasteiger partial charge is 0.493 e. The van der Waals surface area contributed by atoms with Crippen LogP contribution in [-0.2, 0) is 17.8 Å². The Morgan fingerprint density at radius 3 is 2.94 bits per heavy atom. The highest BCUT2D eigenvalue weighted by atomic mass is 16.5. The van der Waals surface area contributed by atoms with Gasteiger partial charge in [-0.15, -0.1) is 0 Å². The molecule has 1 aliphatic rings. The number of benzene rings is 1. The maximum atomic E-state index is 13.5. The van der Waals surface area contributed by atoms with Gasteiger partial charge in [0.05, 0.1) is 26.0 Å². The summed E-state index contributed by atoms with van der Waals surface area (Å²) in [4.78, 5) is 27.5. The second-order valence-corrected chi connectivity index (χ2v) is 8.59. The van der Waals surface area contributed by atoms with E-state index in [-0.39, 0.29) is 18.4 Å². The first-order chi connectivity index (χ1) is 17.2. The van der Waals surface area contributed by atoms with Gasteiger partial charge in [0.15, 0.2) is 11.5 Å². The summed E-state index contributed by atoms with van der Waals surface area (Å²) in [5, 5.41) is 1.09. The van der Waals surface area contributed by atoms with Crippen LogP contribution in [0.15, 0.2) is 67.0 Å². The molecule has 0 bridgehead atoms. The van der Waals surface area contributed by atoms with Crippen LogP contribution in [0.3, 0.4) is 0 Å². The lowest BCUT2D eigenvalue weighted by atomic mass is 10.0. The molecule has 8 nitrogen and oxygen atoms in total. The van der Waals surface area contributed by atoms with Crippen molar-refractivity contribution in [1.29, 1.82) is 0 Å². The molecule has 1 fully saturated rings. The number of fused-ring (bicyclic) bond motifs is 1. The Morgan fingerprint density at radius 1 is 1.14 bits per heavy atom. The normalized spacial score (nSPS) is 16.1. The van der Waals surface area contributed by atoms with E-state index in [1.807, 2.05) is 41.4 Å². The van der Waals surface area contributed by atoms with Gasteiger partial charge in [-0.2, -0.15) is 0 Å². The number of nitrogens with one attached hydrogen (secondary N) is 1. The van der Waals surface area contributed by atoms with Crippen molar-refractivity contribution in [1.82, 2.24) is 19.9 Å². The summed E-state index contributed by atoms with van der Waals surface area (Å²) in [6.07, 6.45) is 4.35. The van der Waals surface area contributed by atoms with Crippen molar-refractivity contribution < 1.29 is 19.0 Å². The van der Waals surface area contributed by atoms with Crippen LogP contribution >= 0.6 is 0 Å². The van der Waals surface area contributed by atoms with E-state index in [2.05, 4.69) is 16.0 Å². The lowest BCUT2D eigenvalue weighted by Crippen LogP contribution is -2.36. The molecule has 1 amide bonds. The molecule has 4 heterocycles. The van der Waals surface area contributed by atoms with Crippen LogP contribution in [0.25, 0.3) is 11.0 Å². The van der Waals surface area contributed by atoms with Crippen LogP contribution in [0.1, 0.15) is 21.7 Å². The van der Waals surface area contributed by atoms with E-state index in [1.54, 1.807) is 31.5 Å². The second-order valence-electron chi connectivity index (χ2n) is 8.59. The number of hydrogen-bond donors (Lipinski definition) is 1. The van der Waals surface area contributed by atoms with Gasteiger partial charge in [-0.3, -0.25) is 9.78 Å². The molecule has 1 aromatic carbocycles. The fraction of sp³-hybridized carbons (Fsp3) is 0.296. The third-order valence-electron chi connectivity index (χ3n) is 6.10. The molecule has 5 rings (SSSR count). The van der Waals surface area contributed by atoms with E-state index < -0.39 is 0 Å². The molecule has 180 valence electrons. The van der Waals surface area contributed by atoms with Crippen molar-refractivity contribution in [2.24, 2.45) is 5.92 Å². The van der Waals surface area contributed by atoms with Gasteiger partial charge in [-0.05, 0) is 55.0 Å². The number of aromatic amines is 1. The zero-order valence-corrected chi connectivity index (χ0v) is 19.6. The number of aromatic nitrogens is 3. The van der Waals surface area contributed by atoms with Crippen LogP contribution in [0.5, 0.6) is 11.5 Å². The first-order valence-corrected chi connectivity index (χ1v) is 11.7. The molecule has 0 saturated carbocycles. The minimum atomic E-state index is -0.0568. The summed E-state index contributed by atoms with van der Waals surface area (Å²) < 4.78 is 17.2. The van der Waals surface area contributed by atoms with Crippen molar-refractivity contribution in [2.75, 3.05) is 33.4 Å². The topological polar surface area (TPSA) is 89.6 Å². The number of hydrogen-bond acceptors (Lipinski definition) is 6. The number of amides is 1. The Bertz CT molecular complexity index is 1290. The Labute approximate surface area is 203 Å². The van der Waals surface area contributed by atoms with Crippen molar-refractivity contribution in [2.45, 2.75) is 13.0 Å². The summed E-state index contributed by atoms with van der Waals surface area (Å²) in [5.41, 5.74) is 3.21. The van der Waals surface area contributed by atoms with Crippen LogP contribution in [-0.4, -0.2) is 59.2 Å². The zero-order chi connectivity index (χ0) is 24.0. The first kappa shape index (κ1) is 22.9. The van der Waals surface area contributed by atoms with Crippen molar-refractivity contribution in [3.63, 3.8) is 0 Å². The number of ether oxygens (including phenoxy) is 3. The molecule has 35 heavy (non-hydrogen) atoms. The Hall–Kier alpha value is -3.91. The number of nitrogens with zero attached hydrogens (tertiary/aromatic N) is 3. The zero-order valence-electron chi connectivity index (χ0n) is 19.6. The highest BCUT2D eigenvalue weighted by Gasteiger charge is 2.25. The number of rotatable bonds is 7. The maximum Gasteiger partial charge on any atom is 0.254 e. The molecule has 1 N–H and O–H groups in total. The molecule has 8 heteroatoms. The molecular weight excluding hydrogens is 444 g/mol. The molecule has 1 atom stereocenters. The average Bonchev–Trinajstić information content (AvgIpc) is 3.24. The highest BCUT2D eigenvalue weighted by Crippen LogP contribution is 2.29. The molecule has 4 aromatic rings. The van der Waals surface area contributed by atoms with E-state index in [0.29, 0.717) is 43.4 Å². The van der Waals surface area contributed by atoms with Crippen molar-refractivity contribution in [3.05, 3.63) is 83.9 Å². The summed E-state index contributed by atoms with van der Waals surface area (Å²) in [7, 11) is 1.58. The number of methoxy groups -OCH3 is 1. The number of H-pyrrole nitrogens is 1. The highest BCUT2D eigenvalue weighted by molar-refractivity contribution is 5.95. The minimum absolute atomic E-state index is 0.0568. The summed E-state index contributed by atoms with van der Waals surface area (Å²) in [6, 6.07) is 17.1. The van der Waals surface area contributed by atoms with Gasteiger partial charge in [0.2, 0.25) is 0 Å². The third kappa shape index (κ3) is 5.44. The Kier molecular flexibility index (Phi) is 6.90. The lowest BCUT2D eigenvalue weighted by molar-refractivity contribution is 0.0736. The van der Waals surface area contributed by atoms with Crippen LogP contribution in [0.4, 0.5) is 0 Å². The van der Waals surface area contributed by atoms with Gasteiger partial charge in [-0.25, -0.2) is 4.98 Å². The van der Waals surface area contributed by atoms with Crippen molar-refractivity contribution in [3.8, 4) is 11.5 Å². The van der Waals surface area contributed by atoms with Crippen molar-refractivity contribution >= 4 is 16.9 Å². The van der Waals surface area contributed by atoms with Gasteiger partial charge in [-0.1, -0.05) is 6.07 Å². The summed E-state index contributed by atoms with van der Waals surface area (Å²) >= 11 is 0. The van der Waals surface area contributed by atoms with Gasteiger partial charge in [0.25, 0.3) is 5.91 Å². The molecule has 0 aliphatic carbocycles. The van der Waals surface area contributed by atoms with E-state index in [9.17, 15) is 4.79 Å². The molecule has 0 spiro atoms. The van der Waals surface area contributed by atoms with Gasteiger partial charge < -0.3 is 24.1 Å². The molecule has 0 radical (unpaired) electrons. The lowest BCUT2D eigenvalue weighted by Gasteiger charge is -2.24. The fourth-order valence-corrected chi connectivity index (χ4v) is 4.31. The van der Waals surface area contributed by atoms with Crippen LogP contribution in [0, 0.1) is 5.92 Å². The maximum absolute atomic E-state index is 13.5. The summed E-state index contributed by atoms with van der Waals surface area (Å²) in [5.74, 6) is 1.17. The monoisotopic (exact) mass is 472 g/mol. The van der Waals surface area contributed by atoms with E-state index >= 15 is 0 Å². The standard InChI is InChI=1S/C27H28N4O4/c1-33-24-8-6-21(15-25(24)35-18-23-4-2-3-10-28-23)27(32)31-12-13-34-17-19(16-31)14-22-7-5-20-9-11-29-26(20)30-22/h2-11,15,19H,12-14,16-18H2,1H3,(H,29,30). The smallest absolute Gasteiger partial charge is 0.254 e. The van der Waals surface area contributed by atoms with Gasteiger partial charge in [0.1, 0.15) is 12.3 Å². The molecule has 3 aromatic heterocycles. The number of pyridine rings is 2. The second kappa shape index (κ2) is 10.6. The number of carbonyl (C=O) groups excluding carboxylic acids is 1. The van der Waals surface area contributed by atoms with Crippen LogP contribution < -0.4 is 9.47 Å². The SMILES string of the molecule is COc1ccc(C(=O)N2CCOCC(Cc3ccc4cc[nH]c4n3)C2)cc1OCc1ccccn1. The minimum Gasteiger partial charge on any atom is -0.493 e. The molecule has 1 saturated heterocycles. The van der Waals surface area contributed by atoms with Gasteiger partial charge >= 0.3 is 0 Å². The first-order valence-electron chi connectivity index (χ1n) is 11.7. The predicted octanol–water partition coefficient (Wildman–Crippen LogP) is 3.88. The van der Waals surface area contributed by atoms with E-state index in [4.69, 9.17) is 19.2 Å². The molecule has 1 aliphatic heterocycles. The fourth-order valence-electron chi connectivity index (χ4n) is 4.31. The van der Waals surface area contributed by atoms with Crippen LogP contribution in [0.2, 0.25) is 0 Å².